The summed E-state index contributed by atoms with van der Waals surface area (Å²) in [6.45, 7) is -0.257. The third kappa shape index (κ3) is 5.73. The van der Waals surface area contributed by atoms with Crippen molar-refractivity contribution in [3.05, 3.63) is 64.4 Å². The molecule has 7 nitrogen and oxygen atoms in total. The molecule has 8 heteroatoms. The van der Waals surface area contributed by atoms with Gasteiger partial charge in [0.05, 0.1) is 6.54 Å². The third-order valence-electron chi connectivity index (χ3n) is 2.86. The Morgan fingerprint density at radius 1 is 1.12 bits per heavy atom. The molecule has 0 radical (unpaired) electrons. The fourth-order valence-electron chi connectivity index (χ4n) is 1.70. The van der Waals surface area contributed by atoms with Crippen LogP contribution in [-0.2, 0) is 9.59 Å². The Kier molecular flexibility index (Phi) is 6.32. The van der Waals surface area contributed by atoms with Crippen molar-refractivity contribution < 1.29 is 14.4 Å². The fourth-order valence-corrected chi connectivity index (χ4v) is 2.04. The van der Waals surface area contributed by atoms with Gasteiger partial charge in [-0.15, -0.1) is 0 Å². The first-order valence-corrected chi connectivity index (χ1v) is 7.78. The van der Waals surface area contributed by atoms with Gasteiger partial charge in [-0.3, -0.25) is 25.2 Å². The van der Waals surface area contributed by atoms with Crippen LogP contribution in [0, 0.1) is 0 Å². The summed E-state index contributed by atoms with van der Waals surface area (Å²) in [6.07, 6.45) is 4.56. The molecule has 0 spiro atoms. The summed E-state index contributed by atoms with van der Waals surface area (Å²) in [5.74, 6) is -1.45. The maximum atomic E-state index is 11.7. The average Bonchev–Trinajstić information content (AvgIpc) is 3.03. The van der Waals surface area contributed by atoms with E-state index in [2.05, 4.69) is 37.1 Å². The highest BCUT2D eigenvalue weighted by atomic mass is 79.9. The molecule has 3 amide bonds. The van der Waals surface area contributed by atoms with Gasteiger partial charge >= 0.3 is 0 Å². The van der Waals surface area contributed by atoms with Gasteiger partial charge in [-0.1, -0.05) is 30.3 Å². The first-order valence-electron chi connectivity index (χ1n) is 6.98. The van der Waals surface area contributed by atoms with Crippen LogP contribution in [0.4, 0.5) is 0 Å². The van der Waals surface area contributed by atoms with E-state index in [1.165, 1.54) is 6.08 Å². The lowest BCUT2D eigenvalue weighted by Crippen LogP contribution is -2.46. The van der Waals surface area contributed by atoms with Crippen molar-refractivity contribution in [2.75, 3.05) is 6.54 Å². The maximum absolute atomic E-state index is 11.7. The molecule has 0 saturated carbocycles. The number of aromatic amines is 1. The van der Waals surface area contributed by atoms with Gasteiger partial charge < -0.3 is 10.3 Å². The van der Waals surface area contributed by atoms with Crippen LogP contribution in [0.25, 0.3) is 6.08 Å². The Labute approximate surface area is 146 Å². The van der Waals surface area contributed by atoms with Crippen LogP contribution in [0.1, 0.15) is 16.1 Å². The largest absolute Gasteiger partial charge is 0.356 e. The minimum Gasteiger partial charge on any atom is -0.356 e. The molecule has 0 fully saturated rings. The molecule has 1 heterocycles. The number of hydrazine groups is 1. The lowest BCUT2D eigenvalue weighted by molar-refractivity contribution is -0.124. The molecule has 2 aromatic rings. The molecule has 1 aromatic carbocycles. The van der Waals surface area contributed by atoms with Gasteiger partial charge in [0.2, 0.25) is 5.91 Å². The molecule has 0 aliphatic carbocycles. The molecule has 0 unspecified atom stereocenters. The number of rotatable bonds is 5. The van der Waals surface area contributed by atoms with Crippen molar-refractivity contribution in [2.45, 2.75) is 0 Å². The topological polar surface area (TPSA) is 103 Å². The van der Waals surface area contributed by atoms with Crippen molar-refractivity contribution in [1.82, 2.24) is 21.2 Å². The highest BCUT2D eigenvalue weighted by molar-refractivity contribution is 9.10. The van der Waals surface area contributed by atoms with Crippen molar-refractivity contribution in [3.8, 4) is 0 Å². The lowest BCUT2D eigenvalue weighted by atomic mass is 10.2. The number of aromatic nitrogens is 1. The van der Waals surface area contributed by atoms with Crippen LogP contribution in [0.15, 0.2) is 53.1 Å². The average molecular weight is 391 g/mol. The molecular formula is C16H15BrN4O3. The van der Waals surface area contributed by atoms with E-state index in [4.69, 9.17) is 0 Å². The van der Waals surface area contributed by atoms with Crippen LogP contribution >= 0.6 is 15.9 Å². The van der Waals surface area contributed by atoms with Crippen LogP contribution in [-0.4, -0.2) is 29.3 Å². The van der Waals surface area contributed by atoms with Crippen LogP contribution < -0.4 is 16.2 Å². The Bertz CT molecular complexity index is 756. The van der Waals surface area contributed by atoms with E-state index in [9.17, 15) is 14.4 Å². The van der Waals surface area contributed by atoms with E-state index in [1.54, 1.807) is 18.3 Å². The highest BCUT2D eigenvalue weighted by Crippen LogP contribution is 2.09. The second-order valence-electron chi connectivity index (χ2n) is 4.70. The first kappa shape index (κ1) is 17.5. The summed E-state index contributed by atoms with van der Waals surface area (Å²) in [4.78, 5) is 37.6. The fraction of sp³-hybridized carbons (Fsp3) is 0.0625. The van der Waals surface area contributed by atoms with Gasteiger partial charge in [-0.05, 0) is 33.6 Å². The summed E-state index contributed by atoms with van der Waals surface area (Å²) < 4.78 is 0.719. The quantitative estimate of drug-likeness (QED) is 0.457. The summed E-state index contributed by atoms with van der Waals surface area (Å²) in [5.41, 5.74) is 5.61. The SMILES string of the molecule is O=C(/C=C/c1ccccc1)NCC(=O)NNC(=O)c1cc(Br)c[nH]1. The molecule has 4 N–H and O–H groups in total. The molecule has 0 aliphatic heterocycles. The molecule has 1 aromatic heterocycles. The Balaban J connectivity index is 1.70. The van der Waals surface area contributed by atoms with Gasteiger partial charge in [-0.25, -0.2) is 0 Å². The van der Waals surface area contributed by atoms with Gasteiger partial charge in [0.15, 0.2) is 0 Å². The van der Waals surface area contributed by atoms with Gasteiger partial charge in [0.25, 0.3) is 11.8 Å². The Morgan fingerprint density at radius 2 is 1.88 bits per heavy atom. The zero-order valence-electron chi connectivity index (χ0n) is 12.5. The minimum absolute atomic E-state index is 0.257. The van der Waals surface area contributed by atoms with Crippen LogP contribution in [0.5, 0.6) is 0 Å². The van der Waals surface area contributed by atoms with E-state index in [0.29, 0.717) is 0 Å². The van der Waals surface area contributed by atoms with Crippen molar-refractivity contribution in [2.24, 2.45) is 0 Å². The van der Waals surface area contributed by atoms with Crippen molar-refractivity contribution in [3.63, 3.8) is 0 Å². The van der Waals surface area contributed by atoms with Crippen LogP contribution in [0.2, 0.25) is 0 Å². The zero-order chi connectivity index (χ0) is 17.4. The normalized spacial score (nSPS) is 10.4. The number of nitrogens with one attached hydrogen (secondary N) is 4. The maximum Gasteiger partial charge on any atom is 0.286 e. The molecule has 0 atom stereocenters. The van der Waals surface area contributed by atoms with Gasteiger partial charge in [0, 0.05) is 16.7 Å². The number of carbonyl (C=O) groups is 3. The van der Waals surface area contributed by atoms with Gasteiger partial charge in [0.1, 0.15) is 5.69 Å². The summed E-state index contributed by atoms with van der Waals surface area (Å²) in [6, 6.07) is 10.9. The second kappa shape index (κ2) is 8.68. The first-order chi connectivity index (χ1) is 11.5. The van der Waals surface area contributed by atoms with Crippen molar-refractivity contribution >= 4 is 39.7 Å². The molecule has 0 bridgehead atoms. The number of amides is 3. The van der Waals surface area contributed by atoms with Gasteiger partial charge in [-0.2, -0.15) is 0 Å². The minimum atomic E-state index is -0.546. The van der Waals surface area contributed by atoms with E-state index in [1.807, 2.05) is 30.3 Å². The molecule has 0 saturated heterocycles. The summed E-state index contributed by atoms with van der Waals surface area (Å²) in [7, 11) is 0. The predicted molar refractivity (Wildman–Crippen MR) is 92.6 cm³/mol. The van der Waals surface area contributed by atoms with E-state index >= 15 is 0 Å². The number of H-pyrrole nitrogens is 1. The number of carbonyl (C=O) groups excluding carboxylic acids is 3. The zero-order valence-corrected chi connectivity index (χ0v) is 14.1. The van der Waals surface area contributed by atoms with E-state index in [0.717, 1.165) is 10.0 Å². The second-order valence-corrected chi connectivity index (χ2v) is 5.61. The number of benzene rings is 1. The summed E-state index contributed by atoms with van der Waals surface area (Å²) >= 11 is 3.20. The standard InChI is InChI=1S/C16H15BrN4O3/c17-12-8-13(18-9-12)16(24)21-20-15(23)10-19-14(22)7-6-11-4-2-1-3-5-11/h1-9,18H,10H2,(H,19,22)(H,20,23)(H,21,24)/b7-6+. The van der Waals surface area contributed by atoms with Crippen molar-refractivity contribution in [1.29, 1.82) is 0 Å². The summed E-state index contributed by atoms with van der Waals surface area (Å²) in [5, 5.41) is 2.42. The third-order valence-corrected chi connectivity index (χ3v) is 3.32. The van der Waals surface area contributed by atoms with Crippen LogP contribution in [0.3, 0.4) is 0 Å². The number of hydrogen-bond acceptors (Lipinski definition) is 3. The molecule has 24 heavy (non-hydrogen) atoms. The monoisotopic (exact) mass is 390 g/mol. The highest BCUT2D eigenvalue weighted by Gasteiger charge is 2.09. The smallest absolute Gasteiger partial charge is 0.286 e. The van der Waals surface area contributed by atoms with E-state index in [-0.39, 0.29) is 12.2 Å². The number of halogens is 1. The predicted octanol–water partition coefficient (Wildman–Crippen LogP) is 1.37. The van der Waals surface area contributed by atoms with E-state index < -0.39 is 17.7 Å². The Hall–Kier alpha value is -2.87. The molecule has 124 valence electrons. The lowest BCUT2D eigenvalue weighted by Gasteiger charge is -2.06. The number of hydrogen-bond donors (Lipinski definition) is 4. The molecule has 2 rings (SSSR count). The Morgan fingerprint density at radius 3 is 2.54 bits per heavy atom. The molecular weight excluding hydrogens is 376 g/mol. The molecule has 0 aliphatic rings.